The van der Waals surface area contributed by atoms with Crippen LogP contribution in [-0.4, -0.2) is 36.0 Å². The quantitative estimate of drug-likeness (QED) is 0.774. The third-order valence-electron chi connectivity index (χ3n) is 3.90. The van der Waals surface area contributed by atoms with Crippen molar-refractivity contribution in [3.8, 4) is 0 Å². The molecule has 0 fully saturated rings. The Bertz CT molecular complexity index is 833. The van der Waals surface area contributed by atoms with Gasteiger partial charge in [-0.2, -0.15) is 0 Å². The maximum atomic E-state index is 12.6. The van der Waals surface area contributed by atoms with Crippen molar-refractivity contribution in [3.05, 3.63) is 41.1 Å². The van der Waals surface area contributed by atoms with E-state index in [-0.39, 0.29) is 0 Å². The van der Waals surface area contributed by atoms with Crippen LogP contribution >= 0.6 is 0 Å². The highest BCUT2D eigenvalue weighted by Crippen LogP contribution is 2.24. The van der Waals surface area contributed by atoms with E-state index in [0.29, 0.717) is 29.4 Å². The first kappa shape index (κ1) is 19.4. The molecule has 0 radical (unpaired) electrons. The van der Waals surface area contributed by atoms with Gasteiger partial charge in [-0.1, -0.05) is 32.0 Å². The maximum absolute atomic E-state index is 12.6. The first-order valence-corrected chi connectivity index (χ1v) is 8.60. The smallest absolute Gasteiger partial charge is 0.339 e. The number of carbonyl (C=O) groups is 3. The van der Waals surface area contributed by atoms with Crippen molar-refractivity contribution in [2.24, 2.45) is 0 Å². The van der Waals surface area contributed by atoms with E-state index in [1.54, 1.807) is 6.07 Å². The molecule has 2 rings (SSSR count). The standard InChI is InChI=1S/C19H23N3O4/c1-4-10-20-19(25)22-16(23)11-26-18(24)17-12(3)14(5-2)21-15-9-7-6-8-13(15)17/h6-9H,4-5,10-11H2,1-3H3,(H2,20,22,23,25). The molecule has 1 aromatic heterocycles. The molecule has 138 valence electrons. The number of ether oxygens (including phenoxy) is 1. The number of pyridine rings is 1. The van der Waals surface area contributed by atoms with Crippen molar-refractivity contribution in [3.63, 3.8) is 0 Å². The summed E-state index contributed by atoms with van der Waals surface area (Å²) < 4.78 is 5.12. The highest BCUT2D eigenvalue weighted by molar-refractivity contribution is 6.05. The van der Waals surface area contributed by atoms with E-state index in [2.05, 4.69) is 15.6 Å². The average Bonchev–Trinajstić information content (AvgIpc) is 2.63. The van der Waals surface area contributed by atoms with E-state index in [0.717, 1.165) is 17.7 Å². The highest BCUT2D eigenvalue weighted by atomic mass is 16.5. The Kier molecular flexibility index (Phi) is 6.66. The summed E-state index contributed by atoms with van der Waals surface area (Å²) in [6, 6.07) is 6.68. The van der Waals surface area contributed by atoms with Gasteiger partial charge in [-0.25, -0.2) is 9.59 Å². The van der Waals surface area contributed by atoms with Crippen molar-refractivity contribution in [1.29, 1.82) is 0 Å². The molecule has 26 heavy (non-hydrogen) atoms. The molecule has 0 atom stereocenters. The summed E-state index contributed by atoms with van der Waals surface area (Å²) in [5, 5.41) is 5.30. The molecule has 0 bridgehead atoms. The minimum absolute atomic E-state index is 0.399. The van der Waals surface area contributed by atoms with Gasteiger partial charge in [0.2, 0.25) is 0 Å². The molecule has 1 aromatic carbocycles. The van der Waals surface area contributed by atoms with Gasteiger partial charge in [0.05, 0.1) is 11.1 Å². The van der Waals surface area contributed by atoms with Crippen LogP contribution in [0.5, 0.6) is 0 Å². The molecule has 2 N–H and O–H groups in total. The van der Waals surface area contributed by atoms with Gasteiger partial charge in [0.25, 0.3) is 5.91 Å². The molecular formula is C19H23N3O4. The number of esters is 1. The zero-order valence-electron chi connectivity index (χ0n) is 15.2. The highest BCUT2D eigenvalue weighted by Gasteiger charge is 2.19. The first-order valence-electron chi connectivity index (χ1n) is 8.60. The van der Waals surface area contributed by atoms with Crippen molar-refractivity contribution in [2.45, 2.75) is 33.6 Å². The Morgan fingerprint density at radius 1 is 1.15 bits per heavy atom. The number of fused-ring (bicyclic) bond motifs is 1. The summed E-state index contributed by atoms with van der Waals surface area (Å²) in [5.41, 5.74) is 2.64. The molecule has 2 aromatic rings. The molecule has 0 aliphatic heterocycles. The average molecular weight is 357 g/mol. The fourth-order valence-electron chi connectivity index (χ4n) is 2.61. The molecule has 0 aliphatic rings. The van der Waals surface area contributed by atoms with E-state index in [1.165, 1.54) is 0 Å². The number of para-hydroxylation sites is 1. The van der Waals surface area contributed by atoms with E-state index in [4.69, 9.17) is 4.74 Å². The third-order valence-corrected chi connectivity index (χ3v) is 3.90. The number of urea groups is 1. The van der Waals surface area contributed by atoms with E-state index < -0.39 is 24.5 Å². The summed E-state index contributed by atoms with van der Waals surface area (Å²) in [4.78, 5) is 40.3. The topological polar surface area (TPSA) is 97.4 Å². The van der Waals surface area contributed by atoms with Gasteiger partial charge >= 0.3 is 12.0 Å². The van der Waals surface area contributed by atoms with E-state index in [1.807, 2.05) is 39.0 Å². The lowest BCUT2D eigenvalue weighted by molar-refractivity contribution is -0.123. The van der Waals surface area contributed by atoms with Gasteiger partial charge in [0, 0.05) is 17.6 Å². The summed E-state index contributed by atoms with van der Waals surface area (Å²) in [7, 11) is 0. The Hall–Kier alpha value is -2.96. The van der Waals surface area contributed by atoms with Crippen LogP contribution in [0, 0.1) is 6.92 Å². The number of benzene rings is 1. The second-order valence-electron chi connectivity index (χ2n) is 5.81. The predicted molar refractivity (Wildman–Crippen MR) is 98.0 cm³/mol. The van der Waals surface area contributed by atoms with Gasteiger partial charge in [-0.05, 0) is 31.4 Å². The SMILES string of the molecule is CCCNC(=O)NC(=O)COC(=O)c1c(C)c(CC)nc2ccccc12. The zero-order chi connectivity index (χ0) is 19.1. The number of imide groups is 1. The minimum atomic E-state index is -0.682. The maximum Gasteiger partial charge on any atom is 0.339 e. The van der Waals surface area contributed by atoms with Crippen LogP contribution < -0.4 is 10.6 Å². The molecule has 0 saturated heterocycles. The summed E-state index contributed by atoms with van der Waals surface area (Å²) >= 11 is 0. The van der Waals surface area contributed by atoms with Crippen molar-refractivity contribution in [1.82, 2.24) is 15.6 Å². The van der Waals surface area contributed by atoms with Crippen LogP contribution in [0.25, 0.3) is 10.9 Å². The number of nitrogens with one attached hydrogen (secondary N) is 2. The van der Waals surface area contributed by atoms with Crippen LogP contribution in [-0.2, 0) is 16.0 Å². The van der Waals surface area contributed by atoms with Crippen molar-refractivity contribution in [2.75, 3.05) is 13.2 Å². The lowest BCUT2D eigenvalue weighted by Gasteiger charge is -2.13. The van der Waals surface area contributed by atoms with Crippen LogP contribution in [0.3, 0.4) is 0 Å². The predicted octanol–water partition coefficient (Wildman–Crippen LogP) is 2.50. The van der Waals surface area contributed by atoms with Crippen molar-refractivity contribution >= 4 is 28.8 Å². The van der Waals surface area contributed by atoms with Gasteiger partial charge in [-0.15, -0.1) is 0 Å². The summed E-state index contributed by atoms with van der Waals surface area (Å²) in [5.74, 6) is -1.29. The third kappa shape index (κ3) is 4.56. The first-order chi connectivity index (χ1) is 12.5. The van der Waals surface area contributed by atoms with Gasteiger partial charge in [-0.3, -0.25) is 15.1 Å². The second-order valence-corrected chi connectivity index (χ2v) is 5.81. The molecule has 1 heterocycles. The fraction of sp³-hybridized carbons (Fsp3) is 0.368. The molecule has 0 spiro atoms. The van der Waals surface area contributed by atoms with Crippen LogP contribution in [0.15, 0.2) is 24.3 Å². The number of hydrogen-bond acceptors (Lipinski definition) is 5. The Morgan fingerprint density at radius 2 is 1.88 bits per heavy atom. The fourth-order valence-corrected chi connectivity index (χ4v) is 2.61. The summed E-state index contributed by atoms with van der Waals surface area (Å²) in [6.45, 7) is 5.60. The number of amides is 3. The molecule has 0 unspecified atom stereocenters. The second kappa shape index (κ2) is 8.94. The Balaban J connectivity index is 2.13. The van der Waals surface area contributed by atoms with Gasteiger partial charge < -0.3 is 10.1 Å². The minimum Gasteiger partial charge on any atom is -0.452 e. The Labute approximate surface area is 152 Å². The number of carbonyl (C=O) groups excluding carboxylic acids is 3. The zero-order valence-corrected chi connectivity index (χ0v) is 15.2. The molecule has 3 amide bonds. The molecule has 7 nitrogen and oxygen atoms in total. The van der Waals surface area contributed by atoms with Gasteiger partial charge in [0.1, 0.15) is 0 Å². The number of hydrogen-bond donors (Lipinski definition) is 2. The monoisotopic (exact) mass is 357 g/mol. The Morgan fingerprint density at radius 3 is 2.58 bits per heavy atom. The normalized spacial score (nSPS) is 10.4. The summed E-state index contributed by atoms with van der Waals surface area (Å²) in [6.07, 6.45) is 1.43. The van der Waals surface area contributed by atoms with Crippen LogP contribution in [0.1, 0.15) is 41.9 Å². The van der Waals surface area contributed by atoms with Crippen LogP contribution in [0.4, 0.5) is 4.79 Å². The van der Waals surface area contributed by atoms with Gasteiger partial charge in [0.15, 0.2) is 6.61 Å². The largest absolute Gasteiger partial charge is 0.452 e. The number of rotatable bonds is 6. The molecular weight excluding hydrogens is 334 g/mol. The number of aryl methyl sites for hydroxylation is 1. The number of nitrogens with zero attached hydrogens (tertiary/aromatic N) is 1. The molecule has 0 saturated carbocycles. The lowest BCUT2D eigenvalue weighted by atomic mass is 10.0. The van der Waals surface area contributed by atoms with E-state index in [9.17, 15) is 14.4 Å². The lowest BCUT2D eigenvalue weighted by Crippen LogP contribution is -2.41. The number of aromatic nitrogens is 1. The van der Waals surface area contributed by atoms with Crippen molar-refractivity contribution < 1.29 is 19.1 Å². The van der Waals surface area contributed by atoms with Crippen LogP contribution in [0.2, 0.25) is 0 Å². The van der Waals surface area contributed by atoms with E-state index >= 15 is 0 Å². The molecule has 7 heteroatoms. The molecule has 0 aliphatic carbocycles.